The normalized spacial score (nSPS) is 22.0. The van der Waals surface area contributed by atoms with Gasteiger partial charge in [0.1, 0.15) is 5.82 Å². The third kappa shape index (κ3) is 4.46. The van der Waals surface area contributed by atoms with Crippen molar-refractivity contribution in [1.29, 1.82) is 0 Å². The highest BCUT2D eigenvalue weighted by Crippen LogP contribution is 2.27. The van der Waals surface area contributed by atoms with Gasteiger partial charge >= 0.3 is 5.97 Å². The molecule has 1 aromatic heterocycles. The topological polar surface area (TPSA) is 86.6 Å². The van der Waals surface area contributed by atoms with Crippen LogP contribution in [0.2, 0.25) is 0 Å². The van der Waals surface area contributed by atoms with Crippen molar-refractivity contribution in [1.82, 2.24) is 14.9 Å². The fourth-order valence-electron chi connectivity index (χ4n) is 3.93. The van der Waals surface area contributed by atoms with E-state index in [0.29, 0.717) is 6.42 Å². The Labute approximate surface area is 148 Å². The van der Waals surface area contributed by atoms with Crippen molar-refractivity contribution in [3.63, 3.8) is 0 Å². The number of rotatable bonds is 5. The van der Waals surface area contributed by atoms with E-state index in [-0.39, 0.29) is 24.3 Å². The summed E-state index contributed by atoms with van der Waals surface area (Å²) < 4.78 is 0. The average molecular weight is 346 g/mol. The number of hydrogen-bond acceptors (Lipinski definition) is 5. The lowest BCUT2D eigenvalue weighted by Gasteiger charge is -2.40. The largest absolute Gasteiger partial charge is 0.481 e. The van der Waals surface area contributed by atoms with Crippen molar-refractivity contribution in [3.05, 3.63) is 18.6 Å². The highest BCUT2D eigenvalue weighted by atomic mass is 16.4. The molecule has 0 spiro atoms. The van der Waals surface area contributed by atoms with E-state index in [4.69, 9.17) is 5.11 Å². The van der Waals surface area contributed by atoms with Crippen molar-refractivity contribution in [2.24, 2.45) is 5.92 Å². The summed E-state index contributed by atoms with van der Waals surface area (Å²) in [6.07, 6.45) is 10.5. The maximum atomic E-state index is 13.0. The highest BCUT2D eigenvalue weighted by molar-refractivity contribution is 5.79. The van der Waals surface area contributed by atoms with E-state index < -0.39 is 5.97 Å². The van der Waals surface area contributed by atoms with Crippen LogP contribution in [0, 0.1) is 5.92 Å². The number of piperidine rings is 2. The van der Waals surface area contributed by atoms with Crippen LogP contribution >= 0.6 is 0 Å². The minimum absolute atomic E-state index is 0.0401. The number of carboxylic acid groups (broad SMARTS) is 1. The summed E-state index contributed by atoms with van der Waals surface area (Å²) >= 11 is 0. The molecule has 0 aromatic carbocycles. The van der Waals surface area contributed by atoms with Crippen LogP contribution in [0.25, 0.3) is 0 Å². The molecule has 2 saturated heterocycles. The first-order valence-corrected chi connectivity index (χ1v) is 9.18. The Bertz CT molecular complexity index is 587. The Balaban J connectivity index is 1.56. The van der Waals surface area contributed by atoms with Gasteiger partial charge < -0.3 is 14.9 Å². The third-order valence-electron chi connectivity index (χ3n) is 5.32. The maximum absolute atomic E-state index is 13.0. The van der Waals surface area contributed by atoms with Crippen molar-refractivity contribution in [3.8, 4) is 0 Å². The van der Waals surface area contributed by atoms with Gasteiger partial charge in [0.05, 0.1) is 6.20 Å². The molecule has 0 unspecified atom stereocenters. The molecule has 7 heteroatoms. The summed E-state index contributed by atoms with van der Waals surface area (Å²) in [6.45, 7) is 2.39. The van der Waals surface area contributed by atoms with E-state index in [1.165, 1.54) is 0 Å². The lowest BCUT2D eigenvalue weighted by atomic mass is 9.91. The van der Waals surface area contributed by atoms with Gasteiger partial charge in [0.15, 0.2) is 0 Å². The van der Waals surface area contributed by atoms with Crippen LogP contribution in [0.3, 0.4) is 0 Å². The Morgan fingerprint density at radius 1 is 1.12 bits per heavy atom. The number of nitrogens with zero attached hydrogens (tertiary/aromatic N) is 4. The number of carbonyl (C=O) groups excluding carboxylic acids is 1. The predicted octanol–water partition coefficient (Wildman–Crippen LogP) is 1.94. The van der Waals surface area contributed by atoms with E-state index in [1.54, 1.807) is 18.6 Å². The molecule has 0 radical (unpaired) electrons. The first-order chi connectivity index (χ1) is 12.1. The van der Waals surface area contributed by atoms with Gasteiger partial charge in [0, 0.05) is 50.4 Å². The second kappa shape index (κ2) is 8.27. The fraction of sp³-hybridized carbons (Fsp3) is 0.667. The van der Waals surface area contributed by atoms with Crippen molar-refractivity contribution >= 4 is 17.7 Å². The number of amides is 1. The smallest absolute Gasteiger partial charge is 0.303 e. The molecule has 0 bridgehead atoms. The van der Waals surface area contributed by atoms with E-state index in [0.717, 1.165) is 57.6 Å². The van der Waals surface area contributed by atoms with Gasteiger partial charge in [-0.2, -0.15) is 0 Å². The van der Waals surface area contributed by atoms with Crippen LogP contribution in [0.5, 0.6) is 0 Å². The zero-order valence-electron chi connectivity index (χ0n) is 14.5. The summed E-state index contributed by atoms with van der Waals surface area (Å²) in [4.78, 5) is 36.4. The SMILES string of the molecule is O=C(O)CC[C@H]1CCCCN1C(=O)C1CCN(c2cnccn2)CC1. The molecular weight excluding hydrogens is 320 g/mol. The number of aliphatic carboxylic acids is 1. The van der Waals surface area contributed by atoms with Crippen molar-refractivity contribution in [2.45, 2.75) is 51.0 Å². The van der Waals surface area contributed by atoms with Crippen LogP contribution in [0.4, 0.5) is 5.82 Å². The summed E-state index contributed by atoms with van der Waals surface area (Å²) in [7, 11) is 0. The predicted molar refractivity (Wildman–Crippen MR) is 93.2 cm³/mol. The van der Waals surface area contributed by atoms with Crippen LogP contribution in [0.1, 0.15) is 44.9 Å². The molecule has 1 atom stereocenters. The number of carbonyl (C=O) groups is 2. The molecule has 2 fully saturated rings. The molecule has 2 aliphatic heterocycles. The van der Waals surface area contributed by atoms with E-state index in [1.807, 2.05) is 4.90 Å². The molecule has 2 aliphatic rings. The quantitative estimate of drug-likeness (QED) is 0.877. The van der Waals surface area contributed by atoms with Gasteiger partial charge in [-0.15, -0.1) is 0 Å². The van der Waals surface area contributed by atoms with Gasteiger partial charge in [-0.05, 0) is 38.5 Å². The second-order valence-corrected chi connectivity index (χ2v) is 6.94. The van der Waals surface area contributed by atoms with Crippen molar-refractivity contribution in [2.75, 3.05) is 24.5 Å². The zero-order chi connectivity index (χ0) is 17.6. The molecule has 3 rings (SSSR count). The molecule has 3 heterocycles. The van der Waals surface area contributed by atoms with Gasteiger partial charge in [-0.3, -0.25) is 14.6 Å². The summed E-state index contributed by atoms with van der Waals surface area (Å²) in [5.74, 6) is 0.341. The number of aromatic nitrogens is 2. The van der Waals surface area contributed by atoms with Gasteiger partial charge in [-0.1, -0.05) is 0 Å². The standard InChI is InChI=1S/C18H26N4O3/c23-17(24)5-4-15-3-1-2-10-22(15)18(25)14-6-11-21(12-7-14)16-13-19-8-9-20-16/h8-9,13-15H,1-7,10-12H2,(H,23,24)/t15-/m1/s1. The van der Waals surface area contributed by atoms with Gasteiger partial charge in [-0.25, -0.2) is 4.98 Å². The number of anilines is 1. The fourth-order valence-corrected chi connectivity index (χ4v) is 3.93. The molecule has 25 heavy (non-hydrogen) atoms. The van der Waals surface area contributed by atoms with Crippen LogP contribution < -0.4 is 4.90 Å². The Hall–Kier alpha value is -2.18. The number of likely N-dealkylation sites (tertiary alicyclic amines) is 1. The molecule has 0 aliphatic carbocycles. The minimum atomic E-state index is -0.782. The second-order valence-electron chi connectivity index (χ2n) is 6.94. The molecule has 136 valence electrons. The van der Waals surface area contributed by atoms with Gasteiger partial charge in [0.25, 0.3) is 0 Å². The molecule has 1 amide bonds. The van der Waals surface area contributed by atoms with E-state index >= 15 is 0 Å². The van der Waals surface area contributed by atoms with E-state index in [9.17, 15) is 9.59 Å². The average Bonchev–Trinajstić information content (AvgIpc) is 2.67. The summed E-state index contributed by atoms with van der Waals surface area (Å²) in [5.41, 5.74) is 0. The first kappa shape index (κ1) is 17.6. The molecule has 0 saturated carbocycles. The molecular formula is C18H26N4O3. The summed E-state index contributed by atoms with van der Waals surface area (Å²) in [6, 6.07) is 0.0929. The van der Waals surface area contributed by atoms with Crippen LogP contribution in [-0.4, -0.2) is 57.5 Å². The highest BCUT2D eigenvalue weighted by Gasteiger charge is 2.33. The molecule has 1 N–H and O–H groups in total. The Morgan fingerprint density at radius 3 is 2.60 bits per heavy atom. The summed E-state index contributed by atoms with van der Waals surface area (Å²) in [5, 5.41) is 8.94. The lowest BCUT2D eigenvalue weighted by molar-refractivity contribution is -0.142. The Kier molecular flexibility index (Phi) is 5.83. The minimum Gasteiger partial charge on any atom is -0.481 e. The van der Waals surface area contributed by atoms with Crippen LogP contribution in [-0.2, 0) is 9.59 Å². The monoisotopic (exact) mass is 346 g/mol. The van der Waals surface area contributed by atoms with Gasteiger partial charge in [0.2, 0.25) is 5.91 Å². The molecule has 1 aromatic rings. The number of carboxylic acids is 1. The lowest BCUT2D eigenvalue weighted by Crippen LogP contribution is -2.49. The Morgan fingerprint density at radius 2 is 1.92 bits per heavy atom. The zero-order valence-corrected chi connectivity index (χ0v) is 14.5. The first-order valence-electron chi connectivity index (χ1n) is 9.18. The maximum Gasteiger partial charge on any atom is 0.303 e. The molecule has 7 nitrogen and oxygen atoms in total. The van der Waals surface area contributed by atoms with Crippen molar-refractivity contribution < 1.29 is 14.7 Å². The van der Waals surface area contributed by atoms with E-state index in [2.05, 4.69) is 14.9 Å². The third-order valence-corrected chi connectivity index (χ3v) is 5.32. The van der Waals surface area contributed by atoms with Crippen LogP contribution in [0.15, 0.2) is 18.6 Å². The number of hydrogen-bond donors (Lipinski definition) is 1.